The van der Waals surface area contributed by atoms with Gasteiger partial charge in [0.2, 0.25) is 0 Å². The van der Waals surface area contributed by atoms with Gasteiger partial charge in [0.15, 0.2) is 11.5 Å². The van der Waals surface area contributed by atoms with Crippen molar-refractivity contribution in [3.05, 3.63) is 46.7 Å². The highest BCUT2D eigenvalue weighted by Gasteiger charge is 2.24. The van der Waals surface area contributed by atoms with Crippen LogP contribution in [0.25, 0.3) is 0 Å². The lowest BCUT2D eigenvalue weighted by Gasteiger charge is -2.26. The number of carbonyl (C=O) groups is 2. The zero-order chi connectivity index (χ0) is 24.8. The van der Waals surface area contributed by atoms with Crippen LogP contribution in [0.4, 0.5) is 15.9 Å². The highest BCUT2D eigenvalue weighted by Crippen LogP contribution is 2.31. The topological polar surface area (TPSA) is 156 Å². The number of anilines is 2. The number of carbonyl (C=O) groups excluding carboxylic acids is 2. The smallest absolute Gasteiger partial charge is 0.271 e. The third-order valence-corrected chi connectivity index (χ3v) is 6.32. The first-order valence-electron chi connectivity index (χ1n) is 11.7. The maximum atomic E-state index is 14.1. The minimum absolute atomic E-state index is 0.0557. The Balaban J connectivity index is 1.87. The van der Waals surface area contributed by atoms with Crippen molar-refractivity contribution in [2.45, 2.75) is 64.0 Å². The van der Waals surface area contributed by atoms with Gasteiger partial charge in [0, 0.05) is 18.8 Å². The first-order chi connectivity index (χ1) is 16.2. The van der Waals surface area contributed by atoms with E-state index in [2.05, 4.69) is 20.6 Å². The molecule has 0 bridgehead atoms. The quantitative estimate of drug-likeness (QED) is 0.375. The number of benzene rings is 1. The van der Waals surface area contributed by atoms with Crippen LogP contribution in [0.1, 0.15) is 83.7 Å². The normalized spacial score (nSPS) is 18.9. The second-order valence-corrected chi connectivity index (χ2v) is 8.73. The Hall–Kier alpha value is -3.11. The SMILES string of the molecule is CCc1nc(C(N)=O)c(Nc2ccc(F)c(C(=O)NC)c2)nc1C(N)CC[C@H]1CC[C@H](O)CC1. The predicted octanol–water partition coefficient (Wildman–Crippen LogP) is 2.71. The van der Waals surface area contributed by atoms with Gasteiger partial charge < -0.3 is 27.2 Å². The standard InChI is InChI=1S/C24H33FN6O3/c1-3-19-20(18(26)11-6-13-4-8-15(32)9-5-13)31-23(21(30-19)22(27)33)29-14-7-10-17(25)16(12-14)24(34)28-2/h7,10,12-13,15,18,32H,3-6,8-9,11,26H2,1-2H3,(H2,27,33)(H,28,34)(H,29,31)/t13-,15-,18?. The van der Waals surface area contributed by atoms with Crippen LogP contribution >= 0.6 is 0 Å². The second kappa shape index (κ2) is 11.3. The van der Waals surface area contributed by atoms with Crippen molar-refractivity contribution >= 4 is 23.3 Å². The predicted molar refractivity (Wildman–Crippen MR) is 127 cm³/mol. The molecule has 1 aromatic heterocycles. The molecule has 1 aliphatic carbocycles. The Kier molecular flexibility index (Phi) is 8.51. The van der Waals surface area contributed by atoms with Crippen LogP contribution in [0.15, 0.2) is 18.2 Å². The number of hydrogen-bond acceptors (Lipinski definition) is 7. The fourth-order valence-electron chi connectivity index (χ4n) is 4.33. The summed E-state index contributed by atoms with van der Waals surface area (Å²) in [5.41, 5.74) is 13.4. The molecule has 1 atom stereocenters. The summed E-state index contributed by atoms with van der Waals surface area (Å²) in [6.45, 7) is 1.90. The molecule has 2 amide bonds. The summed E-state index contributed by atoms with van der Waals surface area (Å²) < 4.78 is 14.1. The number of nitrogens with two attached hydrogens (primary N) is 2. The van der Waals surface area contributed by atoms with Crippen LogP contribution in [0, 0.1) is 11.7 Å². The Bertz CT molecular complexity index is 1040. The number of primary amides is 1. The van der Waals surface area contributed by atoms with Crippen LogP contribution in [-0.4, -0.2) is 40.0 Å². The molecular formula is C24H33FN6O3. The molecule has 184 valence electrons. The summed E-state index contributed by atoms with van der Waals surface area (Å²) in [6, 6.07) is 3.51. The molecule has 1 aromatic carbocycles. The third-order valence-electron chi connectivity index (χ3n) is 6.32. The molecule has 2 aromatic rings. The van der Waals surface area contributed by atoms with E-state index in [4.69, 9.17) is 11.5 Å². The molecule has 10 heteroatoms. The fraction of sp³-hybridized carbons (Fsp3) is 0.500. The highest BCUT2D eigenvalue weighted by molar-refractivity contribution is 5.97. The summed E-state index contributed by atoms with van der Waals surface area (Å²) in [7, 11) is 1.41. The summed E-state index contributed by atoms with van der Waals surface area (Å²) in [5.74, 6) is -1.41. The summed E-state index contributed by atoms with van der Waals surface area (Å²) in [6.07, 6.45) is 5.50. The van der Waals surface area contributed by atoms with Crippen molar-refractivity contribution in [2.24, 2.45) is 17.4 Å². The lowest BCUT2D eigenvalue weighted by Crippen LogP contribution is -2.24. The average Bonchev–Trinajstić information content (AvgIpc) is 2.83. The van der Waals surface area contributed by atoms with E-state index < -0.39 is 23.7 Å². The Morgan fingerprint density at radius 3 is 2.56 bits per heavy atom. The van der Waals surface area contributed by atoms with Gasteiger partial charge in [-0.3, -0.25) is 9.59 Å². The number of hydrogen-bond donors (Lipinski definition) is 5. The number of nitrogens with zero attached hydrogens (tertiary/aromatic N) is 2. The van der Waals surface area contributed by atoms with Gasteiger partial charge in [-0.15, -0.1) is 0 Å². The first kappa shape index (κ1) is 25.5. The van der Waals surface area contributed by atoms with Crippen LogP contribution in [0.2, 0.25) is 0 Å². The molecule has 1 fully saturated rings. The molecule has 0 radical (unpaired) electrons. The maximum absolute atomic E-state index is 14.1. The van der Waals surface area contributed by atoms with Gasteiger partial charge in [-0.25, -0.2) is 14.4 Å². The first-order valence-corrected chi connectivity index (χ1v) is 11.7. The number of aromatic nitrogens is 2. The second-order valence-electron chi connectivity index (χ2n) is 8.73. The molecule has 7 N–H and O–H groups in total. The molecule has 1 saturated carbocycles. The fourth-order valence-corrected chi connectivity index (χ4v) is 4.33. The van der Waals surface area contributed by atoms with Gasteiger partial charge >= 0.3 is 0 Å². The Morgan fingerprint density at radius 2 is 1.94 bits per heavy atom. The van der Waals surface area contributed by atoms with Crippen LogP contribution < -0.4 is 22.1 Å². The molecule has 0 saturated heterocycles. The zero-order valence-corrected chi connectivity index (χ0v) is 19.6. The van der Waals surface area contributed by atoms with Gasteiger partial charge in [-0.2, -0.15) is 0 Å². The van der Waals surface area contributed by atoms with E-state index in [0.29, 0.717) is 35.8 Å². The Morgan fingerprint density at radius 1 is 1.24 bits per heavy atom. The lowest BCUT2D eigenvalue weighted by atomic mass is 9.83. The van der Waals surface area contributed by atoms with Gasteiger partial charge in [-0.05, 0) is 69.1 Å². The molecule has 1 heterocycles. The highest BCUT2D eigenvalue weighted by atomic mass is 19.1. The van der Waals surface area contributed by atoms with Crippen molar-refractivity contribution in [1.82, 2.24) is 15.3 Å². The minimum Gasteiger partial charge on any atom is -0.393 e. The monoisotopic (exact) mass is 472 g/mol. The number of aliphatic hydroxyl groups excluding tert-OH is 1. The average molecular weight is 473 g/mol. The van der Waals surface area contributed by atoms with Crippen molar-refractivity contribution < 1.29 is 19.1 Å². The van der Waals surface area contributed by atoms with E-state index in [1.54, 1.807) is 0 Å². The van der Waals surface area contributed by atoms with Gasteiger partial charge in [-0.1, -0.05) is 6.92 Å². The van der Waals surface area contributed by atoms with E-state index >= 15 is 0 Å². The molecule has 3 rings (SSSR count). The van der Waals surface area contributed by atoms with Crippen molar-refractivity contribution in [2.75, 3.05) is 12.4 Å². The molecule has 0 aliphatic heterocycles. The number of halogens is 1. The number of aliphatic hydroxyl groups is 1. The molecule has 0 spiro atoms. The van der Waals surface area contributed by atoms with Gasteiger partial charge in [0.1, 0.15) is 5.82 Å². The molecular weight excluding hydrogens is 439 g/mol. The molecule has 9 nitrogen and oxygen atoms in total. The van der Waals surface area contributed by atoms with Gasteiger partial charge in [0.05, 0.1) is 23.1 Å². The van der Waals surface area contributed by atoms with Crippen molar-refractivity contribution in [1.29, 1.82) is 0 Å². The van der Waals surface area contributed by atoms with E-state index in [9.17, 15) is 19.1 Å². The lowest BCUT2D eigenvalue weighted by molar-refractivity contribution is 0.0957. The number of amides is 2. The van der Waals surface area contributed by atoms with E-state index in [1.807, 2.05) is 6.92 Å². The summed E-state index contributed by atoms with van der Waals surface area (Å²) >= 11 is 0. The Labute approximate surface area is 198 Å². The molecule has 34 heavy (non-hydrogen) atoms. The van der Waals surface area contributed by atoms with Crippen LogP contribution in [-0.2, 0) is 6.42 Å². The van der Waals surface area contributed by atoms with Gasteiger partial charge in [0.25, 0.3) is 11.8 Å². The molecule has 1 aliphatic rings. The summed E-state index contributed by atoms with van der Waals surface area (Å²) in [5, 5.41) is 15.1. The maximum Gasteiger partial charge on any atom is 0.271 e. The zero-order valence-electron chi connectivity index (χ0n) is 19.6. The van der Waals surface area contributed by atoms with E-state index in [0.717, 1.165) is 38.2 Å². The third kappa shape index (κ3) is 6.06. The van der Waals surface area contributed by atoms with Crippen molar-refractivity contribution in [3.63, 3.8) is 0 Å². The van der Waals surface area contributed by atoms with Crippen LogP contribution in [0.5, 0.6) is 0 Å². The van der Waals surface area contributed by atoms with E-state index in [-0.39, 0.29) is 23.2 Å². The largest absolute Gasteiger partial charge is 0.393 e. The molecule has 1 unspecified atom stereocenters. The number of rotatable bonds is 9. The minimum atomic E-state index is -0.765. The van der Waals surface area contributed by atoms with Crippen LogP contribution in [0.3, 0.4) is 0 Å². The number of nitrogens with one attached hydrogen (secondary N) is 2. The summed E-state index contributed by atoms with van der Waals surface area (Å²) in [4.78, 5) is 33.1. The number of aryl methyl sites for hydroxylation is 1. The van der Waals surface area contributed by atoms with E-state index in [1.165, 1.54) is 19.2 Å². The van der Waals surface area contributed by atoms with Crippen molar-refractivity contribution in [3.8, 4) is 0 Å².